The Bertz CT molecular complexity index is 319. The van der Waals surface area contributed by atoms with Gasteiger partial charge in [-0.15, -0.1) is 0 Å². The summed E-state index contributed by atoms with van der Waals surface area (Å²) in [5.41, 5.74) is 0.369. The second kappa shape index (κ2) is 8.67. The maximum Gasteiger partial charge on any atom is 0.165 e. The van der Waals surface area contributed by atoms with E-state index in [1.807, 2.05) is 18.2 Å². The Morgan fingerprint density at radius 3 is 2.41 bits per heavy atom. The quantitative estimate of drug-likeness (QED) is 0.521. The molecule has 17 heavy (non-hydrogen) atoms. The standard InChI is InChI=1S/C13H23N3O/c1-5-7-8-15-13(16(4)9-6-2)12(10-14)11(3)17/h8,10,14H,5-7,9H2,1-4H3/b13-12-,14-10?,15-8+. The normalized spacial score (nSPS) is 12.5. The summed E-state index contributed by atoms with van der Waals surface area (Å²) < 4.78 is 0. The molecule has 0 aliphatic heterocycles. The van der Waals surface area contributed by atoms with Crippen LogP contribution in [0.15, 0.2) is 16.4 Å². The molecule has 0 rings (SSSR count). The lowest BCUT2D eigenvalue weighted by atomic mass is 10.2. The number of allylic oxidation sites excluding steroid dienone is 1. The van der Waals surface area contributed by atoms with Crippen LogP contribution in [0.4, 0.5) is 0 Å². The van der Waals surface area contributed by atoms with Gasteiger partial charge in [-0.2, -0.15) is 0 Å². The average Bonchev–Trinajstić information content (AvgIpc) is 2.28. The van der Waals surface area contributed by atoms with Gasteiger partial charge in [-0.3, -0.25) is 4.79 Å². The van der Waals surface area contributed by atoms with E-state index in [9.17, 15) is 4.79 Å². The summed E-state index contributed by atoms with van der Waals surface area (Å²) in [5, 5.41) is 7.32. The third-order valence-corrected chi connectivity index (χ3v) is 2.32. The van der Waals surface area contributed by atoms with Gasteiger partial charge in [0.2, 0.25) is 0 Å². The molecule has 0 bridgehead atoms. The van der Waals surface area contributed by atoms with E-state index < -0.39 is 0 Å². The van der Waals surface area contributed by atoms with Crippen LogP contribution in [-0.2, 0) is 4.79 Å². The molecule has 0 aliphatic carbocycles. The first-order valence-electron chi connectivity index (χ1n) is 6.07. The van der Waals surface area contributed by atoms with Crippen molar-refractivity contribution in [2.24, 2.45) is 4.99 Å². The molecule has 0 saturated carbocycles. The molecule has 0 aliphatic rings. The third kappa shape index (κ3) is 5.43. The molecule has 4 nitrogen and oxygen atoms in total. The molecule has 96 valence electrons. The number of carbonyl (C=O) groups excluding carboxylic acids is 1. The van der Waals surface area contributed by atoms with Gasteiger partial charge in [0.25, 0.3) is 0 Å². The summed E-state index contributed by atoms with van der Waals surface area (Å²) in [6.07, 6.45) is 5.79. The zero-order valence-corrected chi connectivity index (χ0v) is 11.3. The van der Waals surface area contributed by atoms with Gasteiger partial charge < -0.3 is 10.3 Å². The molecule has 0 spiro atoms. The van der Waals surface area contributed by atoms with E-state index in [4.69, 9.17) is 5.41 Å². The van der Waals surface area contributed by atoms with E-state index >= 15 is 0 Å². The number of rotatable bonds is 8. The van der Waals surface area contributed by atoms with Crippen LogP contribution in [0.3, 0.4) is 0 Å². The van der Waals surface area contributed by atoms with Gasteiger partial charge in [0, 0.05) is 26.0 Å². The largest absolute Gasteiger partial charge is 0.359 e. The summed E-state index contributed by atoms with van der Waals surface area (Å²) in [4.78, 5) is 17.7. The number of hydrogen-bond acceptors (Lipinski definition) is 4. The van der Waals surface area contributed by atoms with Crippen molar-refractivity contribution >= 4 is 18.2 Å². The second-order valence-corrected chi connectivity index (χ2v) is 3.96. The van der Waals surface area contributed by atoms with Crippen molar-refractivity contribution < 1.29 is 4.79 Å². The highest BCUT2D eigenvalue weighted by Gasteiger charge is 2.12. The molecule has 0 atom stereocenters. The topological polar surface area (TPSA) is 56.5 Å². The first-order chi connectivity index (χ1) is 8.08. The molecule has 0 saturated heterocycles. The van der Waals surface area contributed by atoms with Crippen molar-refractivity contribution in [2.45, 2.75) is 40.0 Å². The number of ketones is 1. The van der Waals surface area contributed by atoms with Gasteiger partial charge in [0.1, 0.15) is 5.82 Å². The number of nitrogens with zero attached hydrogens (tertiary/aromatic N) is 2. The first kappa shape index (κ1) is 15.6. The summed E-state index contributed by atoms with van der Waals surface area (Å²) in [7, 11) is 1.90. The third-order valence-electron chi connectivity index (χ3n) is 2.32. The van der Waals surface area contributed by atoms with E-state index in [1.54, 1.807) is 0 Å². The van der Waals surface area contributed by atoms with E-state index in [0.29, 0.717) is 11.4 Å². The van der Waals surface area contributed by atoms with Gasteiger partial charge in [-0.1, -0.05) is 20.3 Å². The molecule has 0 amide bonds. The number of nitrogens with one attached hydrogen (secondary N) is 1. The molecule has 0 aromatic heterocycles. The Morgan fingerprint density at radius 1 is 1.35 bits per heavy atom. The Kier molecular flexibility index (Phi) is 7.93. The van der Waals surface area contributed by atoms with Crippen LogP contribution in [0.25, 0.3) is 0 Å². The van der Waals surface area contributed by atoms with Crippen molar-refractivity contribution in [3.8, 4) is 0 Å². The van der Waals surface area contributed by atoms with Gasteiger partial charge >= 0.3 is 0 Å². The summed E-state index contributed by atoms with van der Waals surface area (Å²) in [6, 6.07) is 0. The Morgan fingerprint density at radius 2 is 2.00 bits per heavy atom. The van der Waals surface area contributed by atoms with Crippen LogP contribution >= 0.6 is 0 Å². The predicted octanol–water partition coefficient (Wildman–Crippen LogP) is 2.65. The molecule has 0 radical (unpaired) electrons. The van der Waals surface area contributed by atoms with Crippen LogP contribution < -0.4 is 0 Å². The minimum absolute atomic E-state index is 0.119. The monoisotopic (exact) mass is 237 g/mol. The van der Waals surface area contributed by atoms with Gasteiger partial charge in [0.15, 0.2) is 5.78 Å². The summed E-state index contributed by atoms with van der Waals surface area (Å²) in [6.45, 7) is 6.44. The second-order valence-electron chi connectivity index (χ2n) is 3.96. The van der Waals surface area contributed by atoms with Crippen LogP contribution in [0.5, 0.6) is 0 Å². The molecular weight excluding hydrogens is 214 g/mol. The maximum atomic E-state index is 11.4. The highest BCUT2D eigenvalue weighted by atomic mass is 16.1. The maximum absolute atomic E-state index is 11.4. The minimum Gasteiger partial charge on any atom is -0.359 e. The lowest BCUT2D eigenvalue weighted by Crippen LogP contribution is -2.21. The van der Waals surface area contributed by atoms with Crippen molar-refractivity contribution in [2.75, 3.05) is 13.6 Å². The molecule has 0 aromatic carbocycles. The van der Waals surface area contributed by atoms with Crippen molar-refractivity contribution in [1.82, 2.24) is 4.90 Å². The average molecular weight is 237 g/mol. The Hall–Kier alpha value is -1.45. The fraction of sp³-hybridized carbons (Fsp3) is 0.615. The van der Waals surface area contributed by atoms with Crippen LogP contribution in [0, 0.1) is 5.41 Å². The highest BCUT2D eigenvalue weighted by molar-refractivity contribution is 6.12. The summed E-state index contributed by atoms with van der Waals surface area (Å²) in [5.74, 6) is 0.481. The van der Waals surface area contributed by atoms with Gasteiger partial charge in [-0.05, 0) is 19.8 Å². The Labute approximate surface area is 104 Å². The molecule has 0 unspecified atom stereocenters. The molecule has 0 aromatic rings. The predicted molar refractivity (Wildman–Crippen MR) is 72.8 cm³/mol. The van der Waals surface area contributed by atoms with Gasteiger partial charge in [-0.25, -0.2) is 4.99 Å². The van der Waals surface area contributed by atoms with Crippen molar-refractivity contribution in [3.63, 3.8) is 0 Å². The fourth-order valence-corrected chi connectivity index (χ4v) is 1.42. The zero-order valence-electron chi connectivity index (χ0n) is 11.3. The van der Waals surface area contributed by atoms with E-state index in [2.05, 4.69) is 18.8 Å². The molecule has 0 fully saturated rings. The first-order valence-corrected chi connectivity index (χ1v) is 6.07. The smallest absolute Gasteiger partial charge is 0.165 e. The lowest BCUT2D eigenvalue weighted by Gasteiger charge is -2.20. The number of aliphatic imine (C=N–C) groups is 1. The van der Waals surface area contributed by atoms with E-state index in [0.717, 1.165) is 32.0 Å². The lowest BCUT2D eigenvalue weighted by molar-refractivity contribution is -0.113. The zero-order chi connectivity index (χ0) is 13.3. The Balaban J connectivity index is 5.19. The highest BCUT2D eigenvalue weighted by Crippen LogP contribution is 2.11. The molecule has 0 heterocycles. The minimum atomic E-state index is -0.119. The van der Waals surface area contributed by atoms with Crippen molar-refractivity contribution in [1.29, 1.82) is 5.41 Å². The molecule has 4 heteroatoms. The number of hydrogen-bond donors (Lipinski definition) is 1. The fourth-order valence-electron chi connectivity index (χ4n) is 1.42. The van der Waals surface area contributed by atoms with Crippen LogP contribution in [-0.4, -0.2) is 36.7 Å². The van der Waals surface area contributed by atoms with Crippen LogP contribution in [0.2, 0.25) is 0 Å². The molecular formula is C13H23N3O. The van der Waals surface area contributed by atoms with E-state index in [-0.39, 0.29) is 5.78 Å². The SMILES string of the molecule is CCC/C=N/C(=C(\C=N)C(C)=O)N(C)CCC. The van der Waals surface area contributed by atoms with Gasteiger partial charge in [0.05, 0.1) is 5.57 Å². The number of unbranched alkanes of at least 4 members (excludes halogenated alkanes) is 1. The van der Waals surface area contributed by atoms with E-state index in [1.165, 1.54) is 6.92 Å². The van der Waals surface area contributed by atoms with Crippen LogP contribution in [0.1, 0.15) is 40.0 Å². The number of Topliss-reactive ketones (excluding diaryl/α,β-unsaturated/α-hetero) is 1. The van der Waals surface area contributed by atoms with Crippen molar-refractivity contribution in [3.05, 3.63) is 11.4 Å². The molecule has 1 N–H and O–H groups in total. The summed E-state index contributed by atoms with van der Waals surface area (Å²) >= 11 is 0. The number of carbonyl (C=O) groups is 1.